The molecule has 0 aromatic rings. The molecule has 0 amide bonds. The standard InChI is InChI=1S/C14H29NO2/c1-12(2)15-10-14(7-5-8-17-11-14)13(3)6-9-16-4/h12-13,15H,5-11H2,1-4H3. The third-order valence-corrected chi connectivity index (χ3v) is 4.02. The van der Waals surface area contributed by atoms with Crippen LogP contribution in [-0.4, -0.2) is 39.5 Å². The van der Waals surface area contributed by atoms with Gasteiger partial charge < -0.3 is 14.8 Å². The number of rotatable bonds is 7. The second-order valence-electron chi connectivity index (χ2n) is 5.74. The molecule has 1 N–H and O–H groups in total. The number of hydrogen-bond donors (Lipinski definition) is 1. The van der Waals surface area contributed by atoms with Crippen LogP contribution in [0.3, 0.4) is 0 Å². The Morgan fingerprint density at radius 1 is 1.35 bits per heavy atom. The van der Waals surface area contributed by atoms with Crippen molar-refractivity contribution >= 4 is 0 Å². The van der Waals surface area contributed by atoms with E-state index in [-0.39, 0.29) is 0 Å². The van der Waals surface area contributed by atoms with Crippen LogP contribution in [0.2, 0.25) is 0 Å². The van der Waals surface area contributed by atoms with Gasteiger partial charge >= 0.3 is 0 Å². The molecular weight excluding hydrogens is 214 g/mol. The molecule has 1 aliphatic rings. The summed E-state index contributed by atoms with van der Waals surface area (Å²) in [7, 11) is 1.78. The first-order valence-electron chi connectivity index (χ1n) is 6.91. The van der Waals surface area contributed by atoms with Crippen LogP contribution in [0, 0.1) is 11.3 Å². The molecule has 0 aromatic carbocycles. The molecule has 2 unspecified atom stereocenters. The number of nitrogens with one attached hydrogen (secondary N) is 1. The van der Waals surface area contributed by atoms with Crippen molar-refractivity contribution in [3.63, 3.8) is 0 Å². The minimum Gasteiger partial charge on any atom is -0.385 e. The zero-order valence-corrected chi connectivity index (χ0v) is 11.9. The molecule has 0 radical (unpaired) electrons. The molecule has 0 saturated carbocycles. The van der Waals surface area contributed by atoms with E-state index in [0.29, 0.717) is 17.4 Å². The Labute approximate surface area is 106 Å². The van der Waals surface area contributed by atoms with E-state index in [1.54, 1.807) is 7.11 Å². The molecule has 102 valence electrons. The van der Waals surface area contributed by atoms with E-state index in [1.165, 1.54) is 12.8 Å². The summed E-state index contributed by atoms with van der Waals surface area (Å²) >= 11 is 0. The van der Waals surface area contributed by atoms with Gasteiger partial charge in [-0.1, -0.05) is 20.8 Å². The maximum absolute atomic E-state index is 5.74. The van der Waals surface area contributed by atoms with E-state index in [1.807, 2.05) is 0 Å². The van der Waals surface area contributed by atoms with Gasteiger partial charge in [-0.2, -0.15) is 0 Å². The van der Waals surface area contributed by atoms with Crippen LogP contribution in [0.25, 0.3) is 0 Å². The maximum atomic E-state index is 5.74. The average molecular weight is 243 g/mol. The number of hydrogen-bond acceptors (Lipinski definition) is 3. The highest BCUT2D eigenvalue weighted by Gasteiger charge is 2.37. The molecule has 3 heteroatoms. The van der Waals surface area contributed by atoms with Crippen molar-refractivity contribution in [2.45, 2.75) is 46.1 Å². The van der Waals surface area contributed by atoms with Crippen molar-refractivity contribution in [1.29, 1.82) is 0 Å². The molecule has 0 aliphatic carbocycles. The fourth-order valence-electron chi connectivity index (χ4n) is 2.58. The molecule has 0 bridgehead atoms. The van der Waals surface area contributed by atoms with Crippen molar-refractivity contribution in [2.75, 3.05) is 33.5 Å². The Morgan fingerprint density at radius 3 is 2.65 bits per heavy atom. The smallest absolute Gasteiger partial charge is 0.0537 e. The van der Waals surface area contributed by atoms with Crippen LogP contribution in [0.4, 0.5) is 0 Å². The second kappa shape index (κ2) is 7.34. The predicted molar refractivity (Wildman–Crippen MR) is 71.3 cm³/mol. The van der Waals surface area contributed by atoms with Gasteiger partial charge in [-0.15, -0.1) is 0 Å². The van der Waals surface area contributed by atoms with Gasteiger partial charge in [0.05, 0.1) is 6.61 Å². The molecule has 1 rings (SSSR count). The van der Waals surface area contributed by atoms with E-state index in [9.17, 15) is 0 Å². The largest absolute Gasteiger partial charge is 0.385 e. The Kier molecular flexibility index (Phi) is 6.45. The van der Waals surface area contributed by atoms with Gasteiger partial charge in [0.25, 0.3) is 0 Å². The summed E-state index contributed by atoms with van der Waals surface area (Å²) in [6.45, 7) is 10.5. The van der Waals surface area contributed by atoms with E-state index in [4.69, 9.17) is 9.47 Å². The summed E-state index contributed by atoms with van der Waals surface area (Å²) in [5, 5.41) is 3.59. The number of ether oxygens (including phenoxy) is 2. The van der Waals surface area contributed by atoms with Crippen LogP contribution in [0.15, 0.2) is 0 Å². The summed E-state index contributed by atoms with van der Waals surface area (Å²) in [4.78, 5) is 0. The van der Waals surface area contributed by atoms with Crippen LogP contribution in [0.5, 0.6) is 0 Å². The zero-order valence-electron chi connectivity index (χ0n) is 11.9. The predicted octanol–water partition coefficient (Wildman–Crippen LogP) is 2.45. The molecule has 0 aromatic heterocycles. The van der Waals surface area contributed by atoms with E-state index in [0.717, 1.165) is 32.8 Å². The van der Waals surface area contributed by atoms with Crippen LogP contribution < -0.4 is 5.32 Å². The fourth-order valence-corrected chi connectivity index (χ4v) is 2.58. The van der Waals surface area contributed by atoms with Gasteiger partial charge in [-0.25, -0.2) is 0 Å². The van der Waals surface area contributed by atoms with E-state index < -0.39 is 0 Å². The summed E-state index contributed by atoms with van der Waals surface area (Å²) in [5.74, 6) is 0.647. The Bertz CT molecular complexity index is 200. The third kappa shape index (κ3) is 4.57. The zero-order chi connectivity index (χ0) is 12.7. The van der Waals surface area contributed by atoms with Gasteiger partial charge in [-0.3, -0.25) is 0 Å². The first kappa shape index (κ1) is 14.9. The van der Waals surface area contributed by atoms with Crippen molar-refractivity contribution in [1.82, 2.24) is 5.32 Å². The fraction of sp³-hybridized carbons (Fsp3) is 1.00. The molecule has 1 fully saturated rings. The topological polar surface area (TPSA) is 30.5 Å². The first-order chi connectivity index (χ1) is 8.10. The highest BCUT2D eigenvalue weighted by molar-refractivity contribution is 4.89. The van der Waals surface area contributed by atoms with Gasteiger partial charge in [0.2, 0.25) is 0 Å². The van der Waals surface area contributed by atoms with Crippen molar-refractivity contribution in [3.05, 3.63) is 0 Å². The summed E-state index contributed by atoms with van der Waals surface area (Å²) in [6, 6.07) is 0.545. The lowest BCUT2D eigenvalue weighted by Crippen LogP contribution is -2.47. The second-order valence-corrected chi connectivity index (χ2v) is 5.74. The Hall–Kier alpha value is -0.120. The normalized spacial score (nSPS) is 27.4. The van der Waals surface area contributed by atoms with Crippen molar-refractivity contribution in [3.8, 4) is 0 Å². The Morgan fingerprint density at radius 2 is 2.12 bits per heavy atom. The molecule has 1 saturated heterocycles. The highest BCUT2D eigenvalue weighted by atomic mass is 16.5. The van der Waals surface area contributed by atoms with Crippen LogP contribution in [-0.2, 0) is 9.47 Å². The monoisotopic (exact) mass is 243 g/mol. The first-order valence-corrected chi connectivity index (χ1v) is 6.91. The quantitative estimate of drug-likeness (QED) is 0.745. The number of methoxy groups -OCH3 is 1. The molecule has 1 heterocycles. The molecule has 3 nitrogen and oxygen atoms in total. The van der Waals surface area contributed by atoms with Crippen LogP contribution >= 0.6 is 0 Å². The maximum Gasteiger partial charge on any atom is 0.0537 e. The summed E-state index contributed by atoms with van der Waals surface area (Å²) < 4.78 is 11.0. The van der Waals surface area contributed by atoms with Gasteiger partial charge in [0, 0.05) is 38.3 Å². The third-order valence-electron chi connectivity index (χ3n) is 4.02. The van der Waals surface area contributed by atoms with Gasteiger partial charge in [-0.05, 0) is 25.2 Å². The molecule has 1 aliphatic heterocycles. The highest BCUT2D eigenvalue weighted by Crippen LogP contribution is 2.37. The van der Waals surface area contributed by atoms with E-state index >= 15 is 0 Å². The van der Waals surface area contributed by atoms with Gasteiger partial charge in [0.15, 0.2) is 0 Å². The molecular formula is C14H29NO2. The lowest BCUT2D eigenvalue weighted by atomic mass is 9.71. The SMILES string of the molecule is COCCC(C)C1(CNC(C)C)CCCOC1. The minimum atomic E-state index is 0.307. The van der Waals surface area contributed by atoms with Crippen molar-refractivity contribution < 1.29 is 9.47 Å². The van der Waals surface area contributed by atoms with E-state index in [2.05, 4.69) is 26.1 Å². The van der Waals surface area contributed by atoms with Gasteiger partial charge in [0.1, 0.15) is 0 Å². The minimum absolute atomic E-state index is 0.307. The Balaban J connectivity index is 2.56. The molecule has 0 spiro atoms. The summed E-state index contributed by atoms with van der Waals surface area (Å²) in [6.07, 6.45) is 3.59. The van der Waals surface area contributed by atoms with Crippen molar-refractivity contribution in [2.24, 2.45) is 11.3 Å². The summed E-state index contributed by atoms with van der Waals surface area (Å²) in [5.41, 5.74) is 0.307. The molecule has 17 heavy (non-hydrogen) atoms. The lowest BCUT2D eigenvalue weighted by molar-refractivity contribution is -0.0444. The average Bonchev–Trinajstić information content (AvgIpc) is 2.34. The van der Waals surface area contributed by atoms with Crippen LogP contribution in [0.1, 0.15) is 40.0 Å². The lowest BCUT2D eigenvalue weighted by Gasteiger charge is -2.42. The molecule has 2 atom stereocenters.